The van der Waals surface area contributed by atoms with E-state index >= 15 is 0 Å². The number of rotatable bonds is 4. The van der Waals surface area contributed by atoms with Crippen LogP contribution >= 0.6 is 0 Å². The number of aliphatic hydroxyl groups is 1. The molecular formula is C11H22O3. The van der Waals surface area contributed by atoms with E-state index in [0.29, 0.717) is 0 Å². The highest BCUT2D eigenvalue weighted by atomic mass is 16.7. The smallest absolute Gasteiger partial charge is 0.157 e. The van der Waals surface area contributed by atoms with Crippen molar-refractivity contribution in [1.29, 1.82) is 0 Å². The van der Waals surface area contributed by atoms with E-state index in [1.54, 1.807) is 0 Å². The third-order valence-electron chi connectivity index (χ3n) is 3.00. The largest absolute Gasteiger partial charge is 0.396 e. The zero-order valence-corrected chi connectivity index (χ0v) is 9.45. The summed E-state index contributed by atoms with van der Waals surface area (Å²) in [6.45, 7) is 6.94. The molecule has 0 amide bonds. The minimum absolute atomic E-state index is 0.0237. The Morgan fingerprint density at radius 3 is 2.71 bits per heavy atom. The van der Waals surface area contributed by atoms with Gasteiger partial charge < -0.3 is 14.6 Å². The summed E-state index contributed by atoms with van der Waals surface area (Å²) in [6.07, 6.45) is 3.25. The summed E-state index contributed by atoms with van der Waals surface area (Å²) in [4.78, 5) is 0. The average molecular weight is 202 g/mol. The van der Waals surface area contributed by atoms with Gasteiger partial charge in [-0.05, 0) is 26.2 Å². The molecule has 14 heavy (non-hydrogen) atoms. The van der Waals surface area contributed by atoms with Crippen LogP contribution in [0.4, 0.5) is 0 Å². The first-order valence-corrected chi connectivity index (χ1v) is 5.44. The molecule has 2 atom stereocenters. The lowest BCUT2D eigenvalue weighted by molar-refractivity contribution is -0.207. The van der Waals surface area contributed by atoms with Crippen molar-refractivity contribution in [3.05, 3.63) is 0 Å². The van der Waals surface area contributed by atoms with E-state index in [1.807, 2.05) is 20.8 Å². The molecular weight excluding hydrogens is 180 g/mol. The van der Waals surface area contributed by atoms with Gasteiger partial charge in [0.2, 0.25) is 0 Å². The van der Waals surface area contributed by atoms with E-state index in [0.717, 1.165) is 19.4 Å². The van der Waals surface area contributed by atoms with Gasteiger partial charge in [-0.15, -0.1) is 0 Å². The summed E-state index contributed by atoms with van der Waals surface area (Å²) in [5, 5.41) is 9.17. The Labute approximate surface area is 86.4 Å². The van der Waals surface area contributed by atoms with Crippen LogP contribution in [0.1, 0.15) is 40.0 Å². The molecule has 0 aromatic heterocycles. The van der Waals surface area contributed by atoms with E-state index in [2.05, 4.69) is 0 Å². The Balaban J connectivity index is 2.34. The predicted octanol–water partition coefficient (Wildman–Crippen LogP) is 1.94. The van der Waals surface area contributed by atoms with Crippen molar-refractivity contribution in [1.82, 2.24) is 0 Å². The molecule has 1 aliphatic rings. The van der Waals surface area contributed by atoms with E-state index in [1.165, 1.54) is 6.42 Å². The molecule has 1 saturated heterocycles. The van der Waals surface area contributed by atoms with Crippen molar-refractivity contribution in [3.63, 3.8) is 0 Å². The van der Waals surface area contributed by atoms with Crippen LogP contribution in [0.3, 0.4) is 0 Å². The molecule has 0 aromatic rings. The maximum absolute atomic E-state index is 9.17. The quantitative estimate of drug-likeness (QED) is 0.757. The molecule has 0 aliphatic carbocycles. The molecule has 1 rings (SSSR count). The van der Waals surface area contributed by atoms with Crippen molar-refractivity contribution in [2.45, 2.75) is 52.4 Å². The third kappa shape index (κ3) is 3.23. The maximum Gasteiger partial charge on any atom is 0.157 e. The van der Waals surface area contributed by atoms with Gasteiger partial charge in [0.15, 0.2) is 6.29 Å². The van der Waals surface area contributed by atoms with Gasteiger partial charge in [0.25, 0.3) is 0 Å². The molecule has 0 unspecified atom stereocenters. The predicted molar refractivity (Wildman–Crippen MR) is 55.0 cm³/mol. The maximum atomic E-state index is 9.17. The molecule has 0 spiro atoms. The molecule has 0 radical (unpaired) electrons. The van der Waals surface area contributed by atoms with Crippen molar-refractivity contribution in [2.24, 2.45) is 5.41 Å². The molecule has 1 heterocycles. The second-order valence-corrected chi connectivity index (χ2v) is 4.72. The summed E-state index contributed by atoms with van der Waals surface area (Å²) in [6, 6.07) is 0. The Kier molecular flexibility index (Phi) is 4.35. The molecule has 84 valence electrons. The van der Waals surface area contributed by atoms with Gasteiger partial charge in [-0.3, -0.25) is 0 Å². The fraction of sp³-hybridized carbons (Fsp3) is 1.00. The standard InChI is InChI=1S/C11H22O3/c1-9(11(2,3)8-12)14-10-6-4-5-7-13-10/h9-10,12H,4-8H2,1-3H3/t9-,10+/m0/s1. The Bertz CT molecular complexity index is 162. The highest BCUT2D eigenvalue weighted by molar-refractivity contribution is 4.75. The first kappa shape index (κ1) is 12.0. The molecule has 0 saturated carbocycles. The van der Waals surface area contributed by atoms with Crippen LogP contribution in [0.2, 0.25) is 0 Å². The number of aliphatic hydroxyl groups excluding tert-OH is 1. The molecule has 3 heteroatoms. The van der Waals surface area contributed by atoms with Gasteiger partial charge in [-0.25, -0.2) is 0 Å². The van der Waals surface area contributed by atoms with Gasteiger partial charge in [0, 0.05) is 12.0 Å². The van der Waals surface area contributed by atoms with Crippen molar-refractivity contribution in [2.75, 3.05) is 13.2 Å². The monoisotopic (exact) mass is 202 g/mol. The molecule has 0 aromatic carbocycles. The summed E-state index contributed by atoms with van der Waals surface area (Å²) < 4.78 is 11.2. The Morgan fingerprint density at radius 2 is 2.21 bits per heavy atom. The van der Waals surface area contributed by atoms with Gasteiger partial charge >= 0.3 is 0 Å². The van der Waals surface area contributed by atoms with Crippen LogP contribution in [0.5, 0.6) is 0 Å². The minimum Gasteiger partial charge on any atom is -0.396 e. The molecule has 1 fully saturated rings. The highest BCUT2D eigenvalue weighted by Crippen LogP contribution is 2.25. The molecule has 0 bridgehead atoms. The SMILES string of the molecule is C[C@H](O[C@@H]1CCCCO1)C(C)(C)CO. The summed E-state index contributed by atoms with van der Waals surface area (Å²) >= 11 is 0. The molecule has 1 N–H and O–H groups in total. The van der Waals surface area contributed by atoms with Crippen molar-refractivity contribution in [3.8, 4) is 0 Å². The lowest BCUT2D eigenvalue weighted by atomic mass is 9.88. The van der Waals surface area contributed by atoms with Gasteiger partial charge in [-0.1, -0.05) is 13.8 Å². The van der Waals surface area contributed by atoms with Crippen LogP contribution in [-0.2, 0) is 9.47 Å². The minimum atomic E-state index is -0.194. The van der Waals surface area contributed by atoms with E-state index < -0.39 is 0 Å². The van der Waals surface area contributed by atoms with Crippen molar-refractivity contribution < 1.29 is 14.6 Å². The lowest BCUT2D eigenvalue weighted by Crippen LogP contribution is -2.37. The van der Waals surface area contributed by atoms with Gasteiger partial charge in [0.05, 0.1) is 12.7 Å². The molecule has 3 nitrogen and oxygen atoms in total. The zero-order chi connectivity index (χ0) is 10.6. The Morgan fingerprint density at radius 1 is 1.50 bits per heavy atom. The zero-order valence-electron chi connectivity index (χ0n) is 9.45. The first-order chi connectivity index (χ1) is 6.56. The van der Waals surface area contributed by atoms with Crippen LogP contribution in [0.15, 0.2) is 0 Å². The van der Waals surface area contributed by atoms with E-state index in [4.69, 9.17) is 9.47 Å². The van der Waals surface area contributed by atoms with E-state index in [9.17, 15) is 5.11 Å². The highest BCUT2D eigenvalue weighted by Gasteiger charge is 2.29. The van der Waals surface area contributed by atoms with E-state index in [-0.39, 0.29) is 24.4 Å². The van der Waals surface area contributed by atoms with Crippen LogP contribution in [0.25, 0.3) is 0 Å². The lowest BCUT2D eigenvalue weighted by Gasteiger charge is -2.34. The van der Waals surface area contributed by atoms with Crippen molar-refractivity contribution >= 4 is 0 Å². The fourth-order valence-corrected chi connectivity index (χ4v) is 1.36. The average Bonchev–Trinajstić information content (AvgIpc) is 2.19. The fourth-order valence-electron chi connectivity index (χ4n) is 1.36. The summed E-state index contributed by atoms with van der Waals surface area (Å²) in [7, 11) is 0. The summed E-state index contributed by atoms with van der Waals surface area (Å²) in [5.41, 5.74) is -0.194. The summed E-state index contributed by atoms with van der Waals surface area (Å²) in [5.74, 6) is 0. The number of ether oxygens (including phenoxy) is 2. The normalized spacial score (nSPS) is 26.1. The van der Waals surface area contributed by atoms with Crippen LogP contribution < -0.4 is 0 Å². The second kappa shape index (κ2) is 5.10. The van der Waals surface area contributed by atoms with Gasteiger partial charge in [0.1, 0.15) is 0 Å². The number of hydrogen-bond donors (Lipinski definition) is 1. The second-order valence-electron chi connectivity index (χ2n) is 4.72. The topological polar surface area (TPSA) is 38.7 Å². The first-order valence-electron chi connectivity index (χ1n) is 5.44. The van der Waals surface area contributed by atoms with Crippen LogP contribution in [-0.4, -0.2) is 30.7 Å². The third-order valence-corrected chi connectivity index (χ3v) is 3.00. The van der Waals surface area contributed by atoms with Gasteiger partial charge in [-0.2, -0.15) is 0 Å². The molecule has 1 aliphatic heterocycles. The van der Waals surface area contributed by atoms with Crippen LogP contribution in [0, 0.1) is 5.41 Å². The Hall–Kier alpha value is -0.120. The number of hydrogen-bond acceptors (Lipinski definition) is 3.